The van der Waals surface area contributed by atoms with Gasteiger partial charge in [-0.15, -0.1) is 0 Å². The second-order valence-corrected chi connectivity index (χ2v) is 4.59. The summed E-state index contributed by atoms with van der Waals surface area (Å²) in [5.74, 6) is -0.237. The molecule has 1 heterocycles. The molecule has 0 N–H and O–H groups in total. The molecular formula is C12H17NO2. The van der Waals surface area contributed by atoms with Crippen molar-refractivity contribution in [1.29, 1.82) is 0 Å². The van der Waals surface area contributed by atoms with Gasteiger partial charge in [0.05, 0.1) is 12.1 Å². The number of ether oxygens (including phenoxy) is 1. The van der Waals surface area contributed by atoms with Crippen molar-refractivity contribution in [2.45, 2.75) is 39.7 Å². The summed E-state index contributed by atoms with van der Waals surface area (Å²) in [6, 6.07) is 3.78. The van der Waals surface area contributed by atoms with Crippen molar-refractivity contribution in [2.24, 2.45) is 0 Å². The molecule has 0 aromatic carbocycles. The van der Waals surface area contributed by atoms with Gasteiger partial charge in [-0.3, -0.25) is 9.78 Å². The summed E-state index contributed by atoms with van der Waals surface area (Å²) in [6.07, 6.45) is 1.98. The lowest BCUT2D eigenvalue weighted by Crippen LogP contribution is -2.25. The number of hydrogen-bond donors (Lipinski definition) is 0. The molecule has 3 nitrogen and oxygen atoms in total. The molecule has 0 saturated carbocycles. The number of carbonyl (C=O) groups excluding carboxylic acids is 1. The third-order valence-electron chi connectivity index (χ3n) is 1.72. The van der Waals surface area contributed by atoms with E-state index < -0.39 is 5.60 Å². The zero-order valence-corrected chi connectivity index (χ0v) is 9.70. The summed E-state index contributed by atoms with van der Waals surface area (Å²) >= 11 is 0. The number of pyridine rings is 1. The number of carbonyl (C=O) groups is 1. The zero-order valence-electron chi connectivity index (χ0n) is 9.70. The maximum absolute atomic E-state index is 11.5. The molecule has 82 valence electrons. The SMILES string of the molecule is Cc1ccc(CC(=O)OC(C)(C)C)nc1. The standard InChI is InChI=1S/C12H17NO2/c1-9-5-6-10(13-8-9)7-11(14)15-12(2,3)4/h5-6,8H,7H2,1-4H3. The van der Waals surface area contributed by atoms with Crippen molar-refractivity contribution >= 4 is 5.97 Å². The van der Waals surface area contributed by atoms with Crippen molar-refractivity contribution in [2.75, 3.05) is 0 Å². The van der Waals surface area contributed by atoms with E-state index in [0.29, 0.717) is 0 Å². The topological polar surface area (TPSA) is 39.2 Å². The van der Waals surface area contributed by atoms with Crippen molar-refractivity contribution in [3.8, 4) is 0 Å². The van der Waals surface area contributed by atoms with Crippen LogP contribution in [0.3, 0.4) is 0 Å². The monoisotopic (exact) mass is 207 g/mol. The predicted octanol–water partition coefficient (Wildman–Crippen LogP) is 2.27. The van der Waals surface area contributed by atoms with Crippen LogP contribution in [0, 0.1) is 6.92 Å². The van der Waals surface area contributed by atoms with Gasteiger partial charge in [0.15, 0.2) is 0 Å². The minimum absolute atomic E-state index is 0.234. The fourth-order valence-corrected chi connectivity index (χ4v) is 1.13. The van der Waals surface area contributed by atoms with E-state index in [-0.39, 0.29) is 12.4 Å². The number of nitrogens with zero attached hydrogens (tertiary/aromatic N) is 1. The molecule has 3 heteroatoms. The van der Waals surface area contributed by atoms with Crippen LogP contribution in [0.4, 0.5) is 0 Å². The van der Waals surface area contributed by atoms with Gasteiger partial charge in [0.25, 0.3) is 0 Å². The average Bonchev–Trinajstić information content (AvgIpc) is 2.05. The van der Waals surface area contributed by atoms with Crippen molar-refractivity contribution in [3.05, 3.63) is 29.6 Å². The Morgan fingerprint density at radius 1 is 1.40 bits per heavy atom. The highest BCUT2D eigenvalue weighted by Gasteiger charge is 2.16. The second-order valence-electron chi connectivity index (χ2n) is 4.59. The van der Waals surface area contributed by atoms with E-state index in [1.165, 1.54) is 0 Å². The average molecular weight is 207 g/mol. The number of esters is 1. The van der Waals surface area contributed by atoms with Gasteiger partial charge >= 0.3 is 5.97 Å². The number of aryl methyl sites for hydroxylation is 1. The van der Waals surface area contributed by atoms with Gasteiger partial charge < -0.3 is 4.74 Å². The largest absolute Gasteiger partial charge is 0.460 e. The normalized spacial score (nSPS) is 11.2. The molecular weight excluding hydrogens is 190 g/mol. The van der Waals surface area contributed by atoms with Crippen LogP contribution in [0.5, 0.6) is 0 Å². The van der Waals surface area contributed by atoms with Crippen molar-refractivity contribution < 1.29 is 9.53 Å². The molecule has 1 rings (SSSR count). The minimum Gasteiger partial charge on any atom is -0.460 e. The Bertz CT molecular complexity index is 336. The quantitative estimate of drug-likeness (QED) is 0.698. The van der Waals surface area contributed by atoms with Crippen LogP contribution in [-0.4, -0.2) is 16.6 Å². The molecule has 0 bridgehead atoms. The summed E-state index contributed by atoms with van der Waals surface area (Å²) < 4.78 is 5.19. The third kappa shape index (κ3) is 4.58. The van der Waals surface area contributed by atoms with E-state index in [4.69, 9.17) is 4.74 Å². The van der Waals surface area contributed by atoms with E-state index in [2.05, 4.69) is 4.98 Å². The Labute approximate surface area is 90.5 Å². The van der Waals surface area contributed by atoms with E-state index >= 15 is 0 Å². The minimum atomic E-state index is -0.429. The van der Waals surface area contributed by atoms with Crippen molar-refractivity contribution in [1.82, 2.24) is 4.98 Å². The van der Waals surface area contributed by atoms with Crippen LogP contribution >= 0.6 is 0 Å². The molecule has 0 spiro atoms. The zero-order chi connectivity index (χ0) is 11.5. The maximum atomic E-state index is 11.5. The Morgan fingerprint density at radius 2 is 2.07 bits per heavy atom. The molecule has 0 unspecified atom stereocenters. The van der Waals surface area contributed by atoms with Crippen LogP contribution in [0.25, 0.3) is 0 Å². The van der Waals surface area contributed by atoms with E-state index in [1.54, 1.807) is 6.20 Å². The highest BCUT2D eigenvalue weighted by Crippen LogP contribution is 2.09. The first-order valence-electron chi connectivity index (χ1n) is 5.00. The smallest absolute Gasteiger partial charge is 0.312 e. The van der Waals surface area contributed by atoms with E-state index in [0.717, 1.165) is 11.3 Å². The fourth-order valence-electron chi connectivity index (χ4n) is 1.13. The predicted molar refractivity (Wildman–Crippen MR) is 58.5 cm³/mol. The Hall–Kier alpha value is -1.38. The molecule has 0 aliphatic heterocycles. The van der Waals surface area contributed by atoms with Gasteiger partial charge in [0, 0.05) is 6.20 Å². The van der Waals surface area contributed by atoms with Crippen LogP contribution in [0.2, 0.25) is 0 Å². The second kappa shape index (κ2) is 4.43. The Morgan fingerprint density at radius 3 is 2.53 bits per heavy atom. The van der Waals surface area contributed by atoms with Crippen LogP contribution in [0.1, 0.15) is 32.0 Å². The summed E-state index contributed by atoms with van der Waals surface area (Å²) in [6.45, 7) is 7.53. The first kappa shape index (κ1) is 11.7. The van der Waals surface area contributed by atoms with Crippen molar-refractivity contribution in [3.63, 3.8) is 0 Å². The molecule has 0 fully saturated rings. The molecule has 0 aliphatic rings. The van der Waals surface area contributed by atoms with Gasteiger partial charge in [-0.25, -0.2) is 0 Å². The molecule has 1 aromatic rings. The highest BCUT2D eigenvalue weighted by molar-refractivity contribution is 5.72. The third-order valence-corrected chi connectivity index (χ3v) is 1.72. The first-order valence-corrected chi connectivity index (χ1v) is 5.00. The fraction of sp³-hybridized carbons (Fsp3) is 0.500. The Balaban J connectivity index is 2.55. The lowest BCUT2D eigenvalue weighted by Gasteiger charge is -2.19. The van der Waals surface area contributed by atoms with Gasteiger partial charge in [0.1, 0.15) is 5.60 Å². The van der Waals surface area contributed by atoms with E-state index in [9.17, 15) is 4.79 Å². The summed E-state index contributed by atoms with van der Waals surface area (Å²) in [4.78, 5) is 15.6. The molecule has 1 aromatic heterocycles. The van der Waals surface area contributed by atoms with Crippen LogP contribution in [-0.2, 0) is 16.0 Å². The lowest BCUT2D eigenvalue weighted by molar-refractivity contribution is -0.153. The number of hydrogen-bond acceptors (Lipinski definition) is 3. The van der Waals surface area contributed by atoms with Gasteiger partial charge in [0.2, 0.25) is 0 Å². The van der Waals surface area contributed by atoms with E-state index in [1.807, 2.05) is 39.8 Å². The van der Waals surface area contributed by atoms with Crippen LogP contribution in [0.15, 0.2) is 18.3 Å². The molecule has 0 saturated heterocycles. The first-order chi connectivity index (χ1) is 6.87. The molecule has 0 aliphatic carbocycles. The van der Waals surface area contributed by atoms with Crippen LogP contribution < -0.4 is 0 Å². The van der Waals surface area contributed by atoms with Gasteiger partial charge in [-0.1, -0.05) is 6.07 Å². The summed E-state index contributed by atoms with van der Waals surface area (Å²) in [5, 5.41) is 0. The number of rotatable bonds is 2. The molecule has 0 radical (unpaired) electrons. The molecule has 0 amide bonds. The summed E-state index contributed by atoms with van der Waals surface area (Å²) in [7, 11) is 0. The number of aromatic nitrogens is 1. The Kier molecular flexibility index (Phi) is 3.45. The summed E-state index contributed by atoms with van der Waals surface area (Å²) in [5.41, 5.74) is 1.40. The van der Waals surface area contributed by atoms with Gasteiger partial charge in [-0.05, 0) is 39.3 Å². The highest BCUT2D eigenvalue weighted by atomic mass is 16.6. The molecule has 15 heavy (non-hydrogen) atoms. The lowest BCUT2D eigenvalue weighted by atomic mass is 10.2. The maximum Gasteiger partial charge on any atom is 0.312 e. The van der Waals surface area contributed by atoms with Gasteiger partial charge in [-0.2, -0.15) is 0 Å². The molecule has 0 atom stereocenters.